The van der Waals surface area contributed by atoms with Crippen molar-refractivity contribution in [2.24, 2.45) is 0 Å². The Morgan fingerprint density at radius 1 is 1.05 bits per heavy atom. The van der Waals surface area contributed by atoms with Gasteiger partial charge in [0.2, 0.25) is 11.9 Å². The van der Waals surface area contributed by atoms with Gasteiger partial charge in [-0.05, 0) is 20.8 Å². The summed E-state index contributed by atoms with van der Waals surface area (Å²) in [5.74, 6) is -3.06. The van der Waals surface area contributed by atoms with E-state index in [1.165, 1.54) is 13.8 Å². The smallest absolute Gasteiger partial charge is 0.340 e. The molecule has 0 saturated carbocycles. The Morgan fingerprint density at radius 3 is 1.57 bits per heavy atom. The summed E-state index contributed by atoms with van der Waals surface area (Å²) < 4.78 is 9.24. The zero-order valence-electron chi connectivity index (χ0n) is 12.6. The molecule has 21 heavy (non-hydrogen) atoms. The molecule has 0 atom stereocenters. The van der Waals surface area contributed by atoms with Gasteiger partial charge in [-0.25, -0.2) is 14.4 Å². The molecule has 2 N–H and O–H groups in total. The van der Waals surface area contributed by atoms with Crippen LogP contribution in [0.15, 0.2) is 12.2 Å². The first-order valence-electron chi connectivity index (χ1n) is 6.16. The van der Waals surface area contributed by atoms with Gasteiger partial charge in [0.1, 0.15) is 0 Å². The van der Waals surface area contributed by atoms with Crippen LogP contribution < -0.4 is 5.32 Å². The van der Waals surface area contributed by atoms with E-state index in [9.17, 15) is 19.2 Å². The van der Waals surface area contributed by atoms with Crippen LogP contribution in [0.1, 0.15) is 27.7 Å². The number of amides is 1. The first kappa shape index (κ1) is 20.9. The number of carboxylic acids is 1. The molecule has 1 amide bonds. The Hall–Kier alpha value is -2.38. The Bertz CT molecular complexity index is 373. The number of hydrogen-bond donors (Lipinski definition) is 2. The van der Waals surface area contributed by atoms with Crippen LogP contribution in [0.5, 0.6) is 0 Å². The highest BCUT2D eigenvalue weighted by Crippen LogP contribution is 1.94. The normalized spacial score (nSPS) is 9.00. The number of carbonyl (C=O) groups is 4. The number of nitrogens with one attached hydrogen (secondary N) is 1. The fourth-order valence-electron chi connectivity index (χ4n) is 0.869. The van der Waals surface area contributed by atoms with Gasteiger partial charge in [-0.3, -0.25) is 4.79 Å². The molecular weight excluding hydrogens is 282 g/mol. The molecule has 120 valence electrons. The minimum absolute atomic E-state index is 0.133. The van der Waals surface area contributed by atoms with E-state index in [2.05, 4.69) is 21.4 Å². The minimum atomic E-state index is -1.37. The standard InChI is InChI=1S/C9H15NO5.C4H6O2/c1-4-14-8(12)7(10-6(3)11)9(13)15-5-2;1-3(2)4(5)6/h7H,4-5H2,1-3H3,(H,10,11);1H2,2H3,(H,5,6). The summed E-state index contributed by atoms with van der Waals surface area (Å²) in [5.41, 5.74) is 0.176. The molecule has 8 heteroatoms. The molecule has 0 fully saturated rings. The fourth-order valence-corrected chi connectivity index (χ4v) is 0.869. The van der Waals surface area contributed by atoms with Crippen LogP contribution >= 0.6 is 0 Å². The summed E-state index contributed by atoms with van der Waals surface area (Å²) in [6.07, 6.45) is 0. The van der Waals surface area contributed by atoms with Crippen molar-refractivity contribution in [1.82, 2.24) is 5.32 Å². The van der Waals surface area contributed by atoms with Crippen molar-refractivity contribution in [2.45, 2.75) is 33.7 Å². The molecule has 0 unspecified atom stereocenters. The third-order valence-corrected chi connectivity index (χ3v) is 1.76. The summed E-state index contributed by atoms with van der Waals surface area (Å²) in [6.45, 7) is 9.28. The van der Waals surface area contributed by atoms with E-state index < -0.39 is 29.9 Å². The van der Waals surface area contributed by atoms with E-state index in [4.69, 9.17) is 5.11 Å². The van der Waals surface area contributed by atoms with Gasteiger partial charge in [-0.1, -0.05) is 6.58 Å². The van der Waals surface area contributed by atoms with Gasteiger partial charge in [-0.2, -0.15) is 0 Å². The van der Waals surface area contributed by atoms with Gasteiger partial charge in [0.05, 0.1) is 13.2 Å². The lowest BCUT2D eigenvalue weighted by atomic mass is 10.3. The second-order valence-corrected chi connectivity index (χ2v) is 3.72. The maximum atomic E-state index is 11.3. The molecule has 0 spiro atoms. The first-order chi connectivity index (χ1) is 9.67. The highest BCUT2D eigenvalue weighted by atomic mass is 16.6. The lowest BCUT2D eigenvalue weighted by molar-refractivity contribution is -0.159. The quantitative estimate of drug-likeness (QED) is 0.410. The van der Waals surface area contributed by atoms with Gasteiger partial charge in [0.15, 0.2) is 0 Å². The summed E-state index contributed by atoms with van der Waals surface area (Å²) in [4.78, 5) is 42.9. The zero-order valence-corrected chi connectivity index (χ0v) is 12.6. The number of esters is 2. The van der Waals surface area contributed by atoms with Crippen LogP contribution in [-0.2, 0) is 28.7 Å². The monoisotopic (exact) mass is 303 g/mol. The number of ether oxygens (including phenoxy) is 2. The molecular formula is C13H21NO7. The van der Waals surface area contributed by atoms with Crippen molar-refractivity contribution in [1.29, 1.82) is 0 Å². The topological polar surface area (TPSA) is 119 Å². The Kier molecular flexibility index (Phi) is 11.4. The number of carboxylic acid groups (broad SMARTS) is 1. The van der Waals surface area contributed by atoms with Crippen molar-refractivity contribution in [3.63, 3.8) is 0 Å². The number of rotatable bonds is 6. The van der Waals surface area contributed by atoms with Crippen LogP contribution in [0.2, 0.25) is 0 Å². The SMILES string of the molecule is C=C(C)C(=O)O.CCOC(=O)C(NC(C)=O)C(=O)OCC. The number of aliphatic carboxylic acids is 1. The fraction of sp³-hybridized carbons (Fsp3) is 0.538. The third kappa shape index (κ3) is 11.2. The van der Waals surface area contributed by atoms with Crippen molar-refractivity contribution in [3.8, 4) is 0 Å². The maximum absolute atomic E-state index is 11.3. The molecule has 0 aliphatic carbocycles. The maximum Gasteiger partial charge on any atom is 0.340 e. The summed E-state index contributed by atoms with van der Waals surface area (Å²) >= 11 is 0. The van der Waals surface area contributed by atoms with E-state index in [1.54, 1.807) is 13.8 Å². The molecule has 0 rings (SSSR count). The van der Waals surface area contributed by atoms with Gasteiger partial charge >= 0.3 is 17.9 Å². The second kappa shape index (κ2) is 11.4. The highest BCUT2D eigenvalue weighted by Gasteiger charge is 2.30. The molecule has 0 aromatic heterocycles. The van der Waals surface area contributed by atoms with Crippen LogP contribution in [0.3, 0.4) is 0 Å². The Labute approximate surface area is 123 Å². The summed E-state index contributed by atoms with van der Waals surface area (Å²) in [7, 11) is 0. The molecule has 0 bridgehead atoms. The van der Waals surface area contributed by atoms with Crippen LogP contribution in [0, 0.1) is 0 Å². The number of carbonyl (C=O) groups excluding carboxylic acids is 3. The molecule has 0 aromatic rings. The van der Waals surface area contributed by atoms with Crippen molar-refractivity contribution in [2.75, 3.05) is 13.2 Å². The summed E-state index contributed by atoms with van der Waals surface area (Å²) in [6, 6.07) is -1.37. The van der Waals surface area contributed by atoms with Gasteiger partial charge in [-0.15, -0.1) is 0 Å². The molecule has 0 heterocycles. The summed E-state index contributed by atoms with van der Waals surface area (Å²) in [5, 5.41) is 10.1. The van der Waals surface area contributed by atoms with E-state index in [0.29, 0.717) is 0 Å². The molecule has 0 saturated heterocycles. The van der Waals surface area contributed by atoms with E-state index in [-0.39, 0.29) is 18.8 Å². The van der Waals surface area contributed by atoms with Crippen LogP contribution in [0.25, 0.3) is 0 Å². The van der Waals surface area contributed by atoms with E-state index in [0.717, 1.165) is 0 Å². The first-order valence-corrected chi connectivity index (χ1v) is 6.16. The third-order valence-electron chi connectivity index (χ3n) is 1.76. The predicted molar refractivity (Wildman–Crippen MR) is 73.3 cm³/mol. The minimum Gasteiger partial charge on any atom is -0.478 e. The second-order valence-electron chi connectivity index (χ2n) is 3.72. The molecule has 0 aliphatic heterocycles. The van der Waals surface area contributed by atoms with Crippen LogP contribution in [0.4, 0.5) is 0 Å². The van der Waals surface area contributed by atoms with Gasteiger partial charge in [0.25, 0.3) is 0 Å². The average molecular weight is 303 g/mol. The average Bonchev–Trinajstić information content (AvgIpc) is 2.36. The number of hydrogen-bond acceptors (Lipinski definition) is 6. The Morgan fingerprint density at radius 2 is 1.38 bits per heavy atom. The highest BCUT2D eigenvalue weighted by molar-refractivity contribution is 6.02. The van der Waals surface area contributed by atoms with Gasteiger partial charge < -0.3 is 19.9 Å². The largest absolute Gasteiger partial charge is 0.478 e. The lowest BCUT2D eigenvalue weighted by Gasteiger charge is -2.14. The lowest BCUT2D eigenvalue weighted by Crippen LogP contribution is -2.47. The predicted octanol–water partition coefficient (Wildman–Crippen LogP) is 0.264. The molecule has 0 aromatic carbocycles. The zero-order chi connectivity index (χ0) is 17.0. The molecule has 0 radical (unpaired) electrons. The van der Waals surface area contributed by atoms with Crippen molar-refractivity contribution in [3.05, 3.63) is 12.2 Å². The van der Waals surface area contributed by atoms with E-state index >= 15 is 0 Å². The van der Waals surface area contributed by atoms with Gasteiger partial charge in [0, 0.05) is 12.5 Å². The molecule has 8 nitrogen and oxygen atoms in total. The molecule has 0 aliphatic rings. The van der Waals surface area contributed by atoms with Crippen molar-refractivity contribution < 1.29 is 33.8 Å². The van der Waals surface area contributed by atoms with Crippen LogP contribution in [-0.4, -0.2) is 48.2 Å². The Balaban J connectivity index is 0. The van der Waals surface area contributed by atoms with E-state index in [1.807, 2.05) is 0 Å². The van der Waals surface area contributed by atoms with Crippen molar-refractivity contribution >= 4 is 23.8 Å².